The minimum atomic E-state index is -0.297. The summed E-state index contributed by atoms with van der Waals surface area (Å²) in [5, 5.41) is 21.8. The fourth-order valence-corrected chi connectivity index (χ4v) is 5.35. The van der Waals surface area contributed by atoms with Crippen molar-refractivity contribution in [2.75, 3.05) is 39.6 Å². The van der Waals surface area contributed by atoms with Gasteiger partial charge >= 0.3 is 11.9 Å². The molecule has 8 heteroatoms. The van der Waals surface area contributed by atoms with Gasteiger partial charge in [0.15, 0.2) is 0 Å². The van der Waals surface area contributed by atoms with E-state index in [4.69, 9.17) is 18.9 Å². The Morgan fingerprint density at radius 1 is 0.479 bits per heavy atom. The molecule has 2 N–H and O–H groups in total. The summed E-state index contributed by atoms with van der Waals surface area (Å²) in [5.74, 6) is 0.0629. The van der Waals surface area contributed by atoms with Crippen molar-refractivity contribution >= 4 is 11.9 Å². The third-order valence-electron chi connectivity index (χ3n) is 8.16. The summed E-state index contributed by atoms with van der Waals surface area (Å²) in [6.07, 6.45) is 1.53. The average Bonchev–Trinajstić information content (AvgIpc) is 2.94. The number of carbonyl (C=O) groups is 2. The zero-order valence-corrected chi connectivity index (χ0v) is 31.7. The first-order chi connectivity index (χ1) is 22.0. The van der Waals surface area contributed by atoms with Gasteiger partial charge in [-0.1, -0.05) is 107 Å². The molecule has 0 aromatic heterocycles. The molecule has 0 unspecified atom stereocenters. The second kappa shape index (κ2) is 17.0. The molecule has 0 saturated carbocycles. The monoisotopic (exact) mass is 670 g/mol. The summed E-state index contributed by atoms with van der Waals surface area (Å²) in [6, 6.07) is 7.96. The van der Waals surface area contributed by atoms with E-state index in [1.807, 2.05) is 24.3 Å². The highest BCUT2D eigenvalue weighted by Crippen LogP contribution is 2.41. The number of rotatable bonds is 15. The first-order valence-corrected chi connectivity index (χ1v) is 17.2. The number of phenolic OH excluding ortho intramolecular Hbond substituents is 2. The number of benzene rings is 2. The molecule has 0 spiro atoms. The molecule has 0 radical (unpaired) electrons. The van der Waals surface area contributed by atoms with Gasteiger partial charge in [-0.05, 0) is 67.9 Å². The van der Waals surface area contributed by atoms with Crippen molar-refractivity contribution in [2.45, 2.75) is 130 Å². The predicted octanol–water partition coefficient (Wildman–Crippen LogP) is 7.97. The Bertz CT molecular complexity index is 1190. The minimum absolute atomic E-state index is 0.155. The first-order valence-electron chi connectivity index (χ1n) is 17.2. The molecule has 0 aliphatic rings. The van der Waals surface area contributed by atoms with Crippen molar-refractivity contribution in [3.8, 4) is 11.5 Å². The summed E-state index contributed by atoms with van der Waals surface area (Å²) in [4.78, 5) is 24.7. The smallest absolute Gasteiger partial charge is 0.306 e. The Kier molecular flexibility index (Phi) is 14.6. The molecule has 0 aliphatic heterocycles. The molecule has 0 fully saturated rings. The second-order valence-corrected chi connectivity index (χ2v) is 16.7. The molecule has 0 atom stereocenters. The normalized spacial score (nSPS) is 12.7. The Morgan fingerprint density at radius 2 is 0.729 bits per heavy atom. The van der Waals surface area contributed by atoms with E-state index in [9.17, 15) is 19.8 Å². The van der Waals surface area contributed by atoms with E-state index in [0.29, 0.717) is 37.6 Å². The molecule has 48 heavy (non-hydrogen) atoms. The number of phenols is 2. The highest BCUT2D eigenvalue weighted by atomic mass is 16.6. The average molecular weight is 671 g/mol. The molecule has 0 amide bonds. The maximum atomic E-state index is 12.4. The minimum Gasteiger partial charge on any atom is -0.507 e. The van der Waals surface area contributed by atoms with Gasteiger partial charge in [-0.15, -0.1) is 0 Å². The summed E-state index contributed by atoms with van der Waals surface area (Å²) in [7, 11) is 0. The van der Waals surface area contributed by atoms with Crippen LogP contribution >= 0.6 is 0 Å². The molecule has 2 aromatic carbocycles. The van der Waals surface area contributed by atoms with Crippen LogP contribution in [0.3, 0.4) is 0 Å². The SMILES string of the molecule is CC(C)(C)c1cc(CCC(=O)OCCOCCOCCOC(=O)CCc2cc(C(C)(C)C)c(O)c(C(C)(C)C)c2)cc(C(C)(C)C)c1O. The fourth-order valence-electron chi connectivity index (χ4n) is 5.35. The van der Waals surface area contributed by atoms with Crippen molar-refractivity contribution in [1.82, 2.24) is 0 Å². The van der Waals surface area contributed by atoms with E-state index < -0.39 is 0 Å². The number of ether oxygens (including phenoxy) is 4. The molecule has 2 aromatic rings. The first kappa shape index (κ1) is 41.1. The molecule has 270 valence electrons. The van der Waals surface area contributed by atoms with E-state index in [1.165, 1.54) is 0 Å². The van der Waals surface area contributed by atoms with Crippen LogP contribution in [0.1, 0.15) is 129 Å². The van der Waals surface area contributed by atoms with Crippen LogP contribution in [-0.4, -0.2) is 61.8 Å². The lowest BCUT2D eigenvalue weighted by Crippen LogP contribution is -2.18. The number of hydrogen-bond acceptors (Lipinski definition) is 8. The van der Waals surface area contributed by atoms with Gasteiger partial charge in [0.25, 0.3) is 0 Å². The lowest BCUT2D eigenvalue weighted by molar-refractivity contribution is -0.146. The van der Waals surface area contributed by atoms with Crippen molar-refractivity contribution < 1.29 is 38.7 Å². The quantitative estimate of drug-likeness (QED) is 0.145. The van der Waals surface area contributed by atoms with Crippen LogP contribution in [-0.2, 0) is 63.0 Å². The van der Waals surface area contributed by atoms with E-state index >= 15 is 0 Å². The van der Waals surface area contributed by atoms with Gasteiger partial charge in [0.2, 0.25) is 0 Å². The predicted molar refractivity (Wildman–Crippen MR) is 191 cm³/mol. The van der Waals surface area contributed by atoms with Crippen LogP contribution in [0.25, 0.3) is 0 Å². The maximum Gasteiger partial charge on any atom is 0.306 e. The van der Waals surface area contributed by atoms with E-state index in [1.54, 1.807) is 0 Å². The topological polar surface area (TPSA) is 112 Å². The van der Waals surface area contributed by atoms with E-state index in [-0.39, 0.29) is 72.9 Å². The van der Waals surface area contributed by atoms with Gasteiger partial charge in [-0.2, -0.15) is 0 Å². The number of esters is 2. The van der Waals surface area contributed by atoms with Crippen LogP contribution in [0, 0.1) is 0 Å². The summed E-state index contributed by atoms with van der Waals surface area (Å²) in [6.45, 7) is 26.3. The van der Waals surface area contributed by atoms with Gasteiger partial charge in [0, 0.05) is 12.8 Å². The third-order valence-corrected chi connectivity index (χ3v) is 8.16. The summed E-state index contributed by atoms with van der Waals surface area (Å²) >= 11 is 0. The van der Waals surface area contributed by atoms with Crippen LogP contribution in [0.2, 0.25) is 0 Å². The van der Waals surface area contributed by atoms with Gasteiger partial charge in [-0.25, -0.2) is 0 Å². The molecular weight excluding hydrogens is 608 g/mol. The number of carbonyl (C=O) groups excluding carboxylic acids is 2. The largest absolute Gasteiger partial charge is 0.507 e. The van der Waals surface area contributed by atoms with Crippen molar-refractivity contribution in [1.29, 1.82) is 0 Å². The zero-order valence-electron chi connectivity index (χ0n) is 31.7. The number of aromatic hydroxyl groups is 2. The van der Waals surface area contributed by atoms with E-state index in [2.05, 4.69) is 83.1 Å². The van der Waals surface area contributed by atoms with Crippen LogP contribution in [0.4, 0.5) is 0 Å². The molecule has 0 aliphatic carbocycles. The lowest BCUT2D eigenvalue weighted by Gasteiger charge is -2.28. The van der Waals surface area contributed by atoms with Gasteiger partial charge < -0.3 is 29.2 Å². The Balaban J connectivity index is 1.64. The molecule has 2 rings (SSSR count). The standard InChI is InChI=1S/C40H62O8/c1-37(2,3)29-23-27(24-30(35(29)43)38(4,5)6)13-15-33(41)47-21-19-45-17-18-46-20-22-48-34(42)16-14-28-25-31(39(7,8)9)36(44)32(26-28)40(10,11)12/h23-26,43-44H,13-22H2,1-12H3. The van der Waals surface area contributed by atoms with Gasteiger partial charge in [0.05, 0.1) is 26.4 Å². The Hall–Kier alpha value is -3.10. The van der Waals surface area contributed by atoms with Crippen LogP contribution < -0.4 is 0 Å². The highest BCUT2D eigenvalue weighted by molar-refractivity contribution is 5.70. The van der Waals surface area contributed by atoms with Crippen LogP contribution in [0.15, 0.2) is 24.3 Å². The molecule has 8 nitrogen and oxygen atoms in total. The molecule has 0 heterocycles. The van der Waals surface area contributed by atoms with Crippen LogP contribution in [0.5, 0.6) is 11.5 Å². The molecule has 0 bridgehead atoms. The van der Waals surface area contributed by atoms with Crippen molar-refractivity contribution in [3.63, 3.8) is 0 Å². The summed E-state index contributed by atoms with van der Waals surface area (Å²) in [5.41, 5.74) is 4.60. The van der Waals surface area contributed by atoms with Crippen molar-refractivity contribution in [2.24, 2.45) is 0 Å². The third kappa shape index (κ3) is 13.1. The summed E-state index contributed by atoms with van der Waals surface area (Å²) < 4.78 is 21.7. The van der Waals surface area contributed by atoms with Gasteiger partial charge in [-0.3, -0.25) is 9.59 Å². The Morgan fingerprint density at radius 3 is 0.979 bits per heavy atom. The lowest BCUT2D eigenvalue weighted by atomic mass is 9.78. The maximum absolute atomic E-state index is 12.4. The van der Waals surface area contributed by atoms with E-state index in [0.717, 1.165) is 33.4 Å². The van der Waals surface area contributed by atoms with Gasteiger partial charge in [0.1, 0.15) is 24.7 Å². The zero-order chi connectivity index (χ0) is 36.5. The Labute approximate surface area is 289 Å². The number of hydrogen-bond donors (Lipinski definition) is 2. The van der Waals surface area contributed by atoms with Crippen molar-refractivity contribution in [3.05, 3.63) is 57.6 Å². The number of aryl methyl sites for hydroxylation is 2. The fraction of sp³-hybridized carbons (Fsp3) is 0.650. The molecule has 0 saturated heterocycles. The second-order valence-electron chi connectivity index (χ2n) is 16.7. The highest BCUT2D eigenvalue weighted by Gasteiger charge is 2.28. The molecular formula is C40H62O8.